The fraction of sp³-hybridized carbons (Fsp3) is 0.300. The van der Waals surface area contributed by atoms with E-state index in [-0.39, 0.29) is 19.6 Å². The van der Waals surface area contributed by atoms with E-state index in [0.717, 1.165) is 0 Å². The molecule has 6 heteroatoms. The van der Waals surface area contributed by atoms with Gasteiger partial charge in [0, 0.05) is 18.9 Å². The molecule has 2 N–H and O–H groups in total. The maximum atomic E-state index is 11.3. The Kier molecular flexibility index (Phi) is 3.11. The van der Waals surface area contributed by atoms with Crippen molar-refractivity contribution in [3.63, 3.8) is 0 Å². The maximum absolute atomic E-state index is 11.3. The number of amides is 2. The van der Waals surface area contributed by atoms with Gasteiger partial charge in [0.1, 0.15) is 6.73 Å². The monoisotopic (exact) mass is 224 g/mol. The summed E-state index contributed by atoms with van der Waals surface area (Å²) in [5.41, 5.74) is 0.637. The summed E-state index contributed by atoms with van der Waals surface area (Å²) in [6.45, 7) is 0.380. The standard InChI is InChI=1S/C10H12N2O4/c1-14-5-11-10(13)12-7-2-3-8-9(4-7)16-6-15-8/h2-4H,5-6H2,1H3,(H2,11,12,13). The molecular weight excluding hydrogens is 212 g/mol. The SMILES string of the molecule is COCNC(=O)Nc1ccc2c(c1)OCO2. The van der Waals surface area contributed by atoms with E-state index in [9.17, 15) is 4.79 Å². The summed E-state index contributed by atoms with van der Waals surface area (Å²) in [5, 5.41) is 5.15. The van der Waals surface area contributed by atoms with Crippen molar-refractivity contribution in [1.82, 2.24) is 5.32 Å². The van der Waals surface area contributed by atoms with Gasteiger partial charge in [0.05, 0.1) is 0 Å². The third kappa shape index (κ3) is 2.34. The molecule has 0 spiro atoms. The van der Waals surface area contributed by atoms with Gasteiger partial charge in [-0.1, -0.05) is 0 Å². The highest BCUT2D eigenvalue weighted by atomic mass is 16.7. The molecule has 0 aromatic heterocycles. The van der Waals surface area contributed by atoms with Crippen LogP contribution >= 0.6 is 0 Å². The Hall–Kier alpha value is -1.95. The van der Waals surface area contributed by atoms with Crippen LogP contribution < -0.4 is 20.1 Å². The van der Waals surface area contributed by atoms with Gasteiger partial charge in [-0.25, -0.2) is 4.79 Å². The van der Waals surface area contributed by atoms with Crippen molar-refractivity contribution >= 4 is 11.7 Å². The van der Waals surface area contributed by atoms with Crippen LogP contribution in [0.2, 0.25) is 0 Å². The van der Waals surface area contributed by atoms with Gasteiger partial charge in [0.2, 0.25) is 6.79 Å². The average Bonchev–Trinajstić information content (AvgIpc) is 2.73. The smallest absolute Gasteiger partial charge is 0.321 e. The molecule has 0 fully saturated rings. The first kappa shape index (κ1) is 10.6. The minimum absolute atomic E-state index is 0.163. The van der Waals surface area contributed by atoms with Crippen molar-refractivity contribution < 1.29 is 19.0 Å². The van der Waals surface area contributed by atoms with Gasteiger partial charge in [-0.15, -0.1) is 0 Å². The van der Waals surface area contributed by atoms with E-state index in [1.807, 2.05) is 0 Å². The molecule has 0 unspecified atom stereocenters. The minimum atomic E-state index is -0.333. The van der Waals surface area contributed by atoms with Crippen molar-refractivity contribution in [2.45, 2.75) is 0 Å². The van der Waals surface area contributed by atoms with Gasteiger partial charge in [0.15, 0.2) is 11.5 Å². The van der Waals surface area contributed by atoms with Crippen LogP contribution in [-0.4, -0.2) is 26.7 Å². The molecule has 0 bridgehead atoms. The van der Waals surface area contributed by atoms with Crippen molar-refractivity contribution in [3.05, 3.63) is 18.2 Å². The molecule has 16 heavy (non-hydrogen) atoms. The number of carbonyl (C=O) groups is 1. The van der Waals surface area contributed by atoms with E-state index in [4.69, 9.17) is 14.2 Å². The Morgan fingerprint density at radius 2 is 2.25 bits per heavy atom. The van der Waals surface area contributed by atoms with Crippen LogP contribution in [-0.2, 0) is 4.74 Å². The lowest BCUT2D eigenvalue weighted by Gasteiger charge is -2.07. The summed E-state index contributed by atoms with van der Waals surface area (Å²) < 4.78 is 15.0. The largest absolute Gasteiger partial charge is 0.454 e. The Bertz CT molecular complexity index is 394. The first-order valence-corrected chi connectivity index (χ1v) is 4.73. The molecule has 2 rings (SSSR count). The average molecular weight is 224 g/mol. The number of hydrogen-bond donors (Lipinski definition) is 2. The van der Waals surface area contributed by atoms with Gasteiger partial charge in [-0.3, -0.25) is 0 Å². The van der Waals surface area contributed by atoms with Crippen LogP contribution in [0.3, 0.4) is 0 Å². The Morgan fingerprint density at radius 3 is 3.06 bits per heavy atom. The van der Waals surface area contributed by atoms with Crippen LogP contribution in [0.15, 0.2) is 18.2 Å². The lowest BCUT2D eigenvalue weighted by Crippen LogP contribution is -2.30. The van der Waals surface area contributed by atoms with Crippen molar-refractivity contribution in [2.24, 2.45) is 0 Å². The predicted octanol–water partition coefficient (Wildman–Crippen LogP) is 1.14. The highest BCUT2D eigenvalue weighted by Gasteiger charge is 2.13. The molecule has 0 aliphatic carbocycles. The minimum Gasteiger partial charge on any atom is -0.454 e. The summed E-state index contributed by atoms with van der Waals surface area (Å²) in [6, 6.07) is 4.85. The molecule has 0 radical (unpaired) electrons. The molecule has 1 heterocycles. The Labute approximate surface area is 92.5 Å². The quantitative estimate of drug-likeness (QED) is 0.755. The molecule has 0 atom stereocenters. The molecule has 1 aromatic rings. The summed E-state index contributed by atoms with van der Waals surface area (Å²) >= 11 is 0. The second-order valence-corrected chi connectivity index (χ2v) is 3.13. The normalized spacial score (nSPS) is 12.3. The third-order valence-corrected chi connectivity index (χ3v) is 2.01. The number of ether oxygens (including phenoxy) is 3. The molecule has 1 aromatic carbocycles. The van der Waals surface area contributed by atoms with Gasteiger partial charge in [0.25, 0.3) is 0 Å². The molecule has 1 aliphatic heterocycles. The van der Waals surface area contributed by atoms with Crippen molar-refractivity contribution in [3.8, 4) is 11.5 Å². The topological polar surface area (TPSA) is 68.8 Å². The number of benzene rings is 1. The first-order valence-electron chi connectivity index (χ1n) is 4.73. The number of nitrogens with one attached hydrogen (secondary N) is 2. The zero-order valence-electron chi connectivity index (χ0n) is 8.78. The number of hydrogen-bond acceptors (Lipinski definition) is 4. The van der Waals surface area contributed by atoms with Crippen molar-refractivity contribution in [2.75, 3.05) is 26.0 Å². The van der Waals surface area contributed by atoms with E-state index >= 15 is 0 Å². The fourth-order valence-corrected chi connectivity index (χ4v) is 1.29. The molecule has 0 saturated carbocycles. The lowest BCUT2D eigenvalue weighted by atomic mass is 10.3. The first-order chi connectivity index (χ1) is 7.79. The molecular formula is C10H12N2O4. The second kappa shape index (κ2) is 4.71. The van der Waals surface area contributed by atoms with Gasteiger partial charge in [-0.05, 0) is 12.1 Å². The fourth-order valence-electron chi connectivity index (χ4n) is 1.29. The summed E-state index contributed by atoms with van der Waals surface area (Å²) in [7, 11) is 1.50. The van der Waals surface area contributed by atoms with E-state index in [2.05, 4.69) is 10.6 Å². The third-order valence-electron chi connectivity index (χ3n) is 2.01. The number of rotatable bonds is 3. The van der Waals surface area contributed by atoms with E-state index in [1.54, 1.807) is 18.2 Å². The van der Waals surface area contributed by atoms with Crippen LogP contribution in [0.25, 0.3) is 0 Å². The highest BCUT2D eigenvalue weighted by molar-refractivity contribution is 5.89. The number of anilines is 1. The van der Waals surface area contributed by atoms with E-state index in [1.165, 1.54) is 7.11 Å². The number of fused-ring (bicyclic) bond motifs is 1. The second-order valence-electron chi connectivity index (χ2n) is 3.13. The van der Waals surface area contributed by atoms with Gasteiger partial charge < -0.3 is 24.8 Å². The zero-order valence-corrected chi connectivity index (χ0v) is 8.78. The van der Waals surface area contributed by atoms with Crippen LogP contribution in [0, 0.1) is 0 Å². The molecule has 0 saturated heterocycles. The van der Waals surface area contributed by atoms with E-state index in [0.29, 0.717) is 17.2 Å². The van der Waals surface area contributed by atoms with Gasteiger partial charge >= 0.3 is 6.03 Å². The molecule has 6 nitrogen and oxygen atoms in total. The van der Waals surface area contributed by atoms with Crippen LogP contribution in [0.4, 0.5) is 10.5 Å². The molecule has 86 valence electrons. The zero-order chi connectivity index (χ0) is 11.4. The number of methoxy groups -OCH3 is 1. The number of urea groups is 1. The summed E-state index contributed by atoms with van der Waals surface area (Å²) in [5.74, 6) is 1.31. The maximum Gasteiger partial charge on any atom is 0.321 e. The van der Waals surface area contributed by atoms with E-state index < -0.39 is 0 Å². The van der Waals surface area contributed by atoms with Crippen LogP contribution in [0.5, 0.6) is 11.5 Å². The molecule has 1 aliphatic rings. The lowest BCUT2D eigenvalue weighted by molar-refractivity contribution is 0.174. The summed E-state index contributed by atoms with van der Waals surface area (Å²) in [4.78, 5) is 11.3. The molecule has 2 amide bonds. The summed E-state index contributed by atoms with van der Waals surface area (Å²) in [6.07, 6.45) is 0. The Balaban J connectivity index is 1.97. The van der Waals surface area contributed by atoms with Crippen LogP contribution in [0.1, 0.15) is 0 Å². The van der Waals surface area contributed by atoms with Gasteiger partial charge in [-0.2, -0.15) is 0 Å². The van der Waals surface area contributed by atoms with Crippen molar-refractivity contribution in [1.29, 1.82) is 0 Å². The highest BCUT2D eigenvalue weighted by Crippen LogP contribution is 2.34. The number of carbonyl (C=O) groups excluding carboxylic acids is 1. The predicted molar refractivity (Wildman–Crippen MR) is 56.6 cm³/mol. The Morgan fingerprint density at radius 1 is 1.44 bits per heavy atom.